The number of ether oxygens (including phenoxy) is 1. The lowest BCUT2D eigenvalue weighted by Crippen LogP contribution is -2.29. The molecule has 4 nitrogen and oxygen atoms in total. The lowest BCUT2D eigenvalue weighted by Gasteiger charge is -2.21. The van der Waals surface area contributed by atoms with Gasteiger partial charge in [0, 0.05) is 24.7 Å². The first-order valence-corrected chi connectivity index (χ1v) is 4.98. The molecule has 0 aromatic carbocycles. The van der Waals surface area contributed by atoms with E-state index in [2.05, 4.69) is 15.3 Å². The Balaban J connectivity index is 2.13. The monoisotopic (exact) mass is 193 g/mol. The molecule has 0 spiro atoms. The second-order valence-corrected chi connectivity index (χ2v) is 3.50. The van der Waals surface area contributed by atoms with E-state index >= 15 is 0 Å². The van der Waals surface area contributed by atoms with Crippen molar-refractivity contribution in [3.63, 3.8) is 0 Å². The van der Waals surface area contributed by atoms with Crippen molar-refractivity contribution in [2.24, 2.45) is 0 Å². The predicted molar refractivity (Wildman–Crippen MR) is 53.4 cm³/mol. The summed E-state index contributed by atoms with van der Waals surface area (Å²) in [4.78, 5) is 8.62. The highest BCUT2D eigenvalue weighted by Crippen LogP contribution is 2.20. The van der Waals surface area contributed by atoms with Crippen molar-refractivity contribution in [3.8, 4) is 5.88 Å². The van der Waals surface area contributed by atoms with Gasteiger partial charge in [-0.05, 0) is 19.4 Å². The maximum absolute atomic E-state index is 5.07. The SMILES string of the molecule is COc1ccnc(C2CCCNC2)n1. The highest BCUT2D eigenvalue weighted by atomic mass is 16.5. The Labute approximate surface area is 83.7 Å². The molecule has 1 aromatic heterocycles. The second-order valence-electron chi connectivity index (χ2n) is 3.50. The van der Waals surface area contributed by atoms with Crippen molar-refractivity contribution in [2.45, 2.75) is 18.8 Å². The Morgan fingerprint density at radius 1 is 1.57 bits per heavy atom. The van der Waals surface area contributed by atoms with Gasteiger partial charge in [0.1, 0.15) is 5.82 Å². The average Bonchev–Trinajstić information content (AvgIpc) is 2.30. The topological polar surface area (TPSA) is 47.0 Å². The fourth-order valence-electron chi connectivity index (χ4n) is 1.74. The fraction of sp³-hybridized carbons (Fsp3) is 0.600. The summed E-state index contributed by atoms with van der Waals surface area (Å²) in [6, 6.07) is 1.78. The van der Waals surface area contributed by atoms with Crippen molar-refractivity contribution < 1.29 is 4.74 Å². The highest BCUT2D eigenvalue weighted by molar-refractivity contribution is 5.11. The van der Waals surface area contributed by atoms with Crippen LogP contribution in [0.5, 0.6) is 5.88 Å². The molecule has 1 aromatic rings. The van der Waals surface area contributed by atoms with E-state index in [0.717, 1.165) is 18.9 Å². The predicted octanol–water partition coefficient (Wildman–Crippen LogP) is 0.952. The molecule has 0 saturated carbocycles. The van der Waals surface area contributed by atoms with Gasteiger partial charge in [-0.25, -0.2) is 4.98 Å². The van der Waals surface area contributed by atoms with E-state index in [1.807, 2.05) is 0 Å². The van der Waals surface area contributed by atoms with Gasteiger partial charge in [-0.3, -0.25) is 0 Å². The largest absolute Gasteiger partial charge is 0.481 e. The Hall–Kier alpha value is -1.16. The highest BCUT2D eigenvalue weighted by Gasteiger charge is 2.17. The van der Waals surface area contributed by atoms with Gasteiger partial charge < -0.3 is 10.1 Å². The van der Waals surface area contributed by atoms with E-state index in [4.69, 9.17) is 4.74 Å². The molecule has 1 aliphatic rings. The van der Waals surface area contributed by atoms with Crippen LogP contribution in [-0.4, -0.2) is 30.2 Å². The van der Waals surface area contributed by atoms with Crippen molar-refractivity contribution in [3.05, 3.63) is 18.1 Å². The number of aromatic nitrogens is 2. The van der Waals surface area contributed by atoms with Crippen LogP contribution in [0.25, 0.3) is 0 Å². The minimum atomic E-state index is 0.443. The first-order valence-electron chi connectivity index (χ1n) is 4.98. The lowest BCUT2D eigenvalue weighted by molar-refractivity contribution is 0.386. The number of rotatable bonds is 2. The van der Waals surface area contributed by atoms with Crippen LogP contribution < -0.4 is 10.1 Å². The van der Waals surface area contributed by atoms with Crippen LogP contribution in [0, 0.1) is 0 Å². The molecule has 1 aliphatic heterocycles. The van der Waals surface area contributed by atoms with Crippen molar-refractivity contribution >= 4 is 0 Å². The number of nitrogens with one attached hydrogen (secondary N) is 1. The summed E-state index contributed by atoms with van der Waals surface area (Å²) >= 11 is 0. The zero-order valence-corrected chi connectivity index (χ0v) is 8.36. The Bertz CT molecular complexity index is 297. The Kier molecular flexibility index (Phi) is 2.93. The van der Waals surface area contributed by atoms with E-state index < -0.39 is 0 Å². The van der Waals surface area contributed by atoms with E-state index in [-0.39, 0.29) is 0 Å². The van der Waals surface area contributed by atoms with E-state index in [1.165, 1.54) is 12.8 Å². The third kappa shape index (κ3) is 2.01. The second kappa shape index (κ2) is 4.37. The van der Waals surface area contributed by atoms with Gasteiger partial charge in [0.05, 0.1) is 7.11 Å². The molecular formula is C10H15N3O. The molecule has 1 fully saturated rings. The fourth-order valence-corrected chi connectivity index (χ4v) is 1.74. The van der Waals surface area contributed by atoms with Crippen LogP contribution in [0.2, 0.25) is 0 Å². The first-order chi connectivity index (χ1) is 6.90. The van der Waals surface area contributed by atoms with Gasteiger partial charge in [-0.2, -0.15) is 4.98 Å². The van der Waals surface area contributed by atoms with E-state index in [0.29, 0.717) is 11.8 Å². The third-order valence-electron chi connectivity index (χ3n) is 2.52. The minimum absolute atomic E-state index is 0.443. The number of methoxy groups -OCH3 is 1. The Morgan fingerprint density at radius 2 is 2.50 bits per heavy atom. The van der Waals surface area contributed by atoms with Crippen molar-refractivity contribution in [2.75, 3.05) is 20.2 Å². The van der Waals surface area contributed by atoms with Gasteiger partial charge in [0.15, 0.2) is 0 Å². The maximum Gasteiger partial charge on any atom is 0.216 e. The standard InChI is InChI=1S/C10H15N3O/c1-14-9-4-6-12-10(13-9)8-3-2-5-11-7-8/h4,6,8,11H,2-3,5,7H2,1H3. The maximum atomic E-state index is 5.07. The summed E-state index contributed by atoms with van der Waals surface area (Å²) in [5.41, 5.74) is 0. The number of hydrogen-bond acceptors (Lipinski definition) is 4. The molecule has 2 heterocycles. The molecule has 4 heteroatoms. The molecule has 1 saturated heterocycles. The molecule has 1 atom stereocenters. The molecule has 0 bridgehead atoms. The molecular weight excluding hydrogens is 178 g/mol. The van der Waals surface area contributed by atoms with Crippen LogP contribution in [0.3, 0.4) is 0 Å². The summed E-state index contributed by atoms with van der Waals surface area (Å²) in [6.45, 7) is 2.09. The quantitative estimate of drug-likeness (QED) is 0.759. The van der Waals surface area contributed by atoms with Gasteiger partial charge in [-0.1, -0.05) is 0 Å². The summed E-state index contributed by atoms with van der Waals surface area (Å²) in [7, 11) is 1.63. The third-order valence-corrected chi connectivity index (χ3v) is 2.52. The van der Waals surface area contributed by atoms with Crippen LogP contribution in [0.1, 0.15) is 24.6 Å². The molecule has 14 heavy (non-hydrogen) atoms. The summed E-state index contributed by atoms with van der Waals surface area (Å²) < 4.78 is 5.07. The molecule has 1 N–H and O–H groups in total. The summed E-state index contributed by atoms with van der Waals surface area (Å²) in [5, 5.41) is 3.35. The minimum Gasteiger partial charge on any atom is -0.481 e. The van der Waals surface area contributed by atoms with Crippen LogP contribution >= 0.6 is 0 Å². The number of piperidine rings is 1. The lowest BCUT2D eigenvalue weighted by atomic mass is 9.99. The zero-order chi connectivity index (χ0) is 9.80. The van der Waals surface area contributed by atoms with E-state index in [1.54, 1.807) is 19.4 Å². The molecule has 2 rings (SSSR count). The zero-order valence-electron chi connectivity index (χ0n) is 8.36. The Morgan fingerprint density at radius 3 is 3.21 bits per heavy atom. The van der Waals surface area contributed by atoms with Gasteiger partial charge in [0.2, 0.25) is 5.88 Å². The number of hydrogen-bond donors (Lipinski definition) is 1. The summed E-state index contributed by atoms with van der Waals surface area (Å²) in [5.74, 6) is 2.00. The molecule has 0 radical (unpaired) electrons. The van der Waals surface area contributed by atoms with Crippen molar-refractivity contribution in [1.29, 1.82) is 0 Å². The first kappa shape index (κ1) is 9.40. The normalized spacial score (nSPS) is 21.9. The molecule has 0 amide bonds. The van der Waals surface area contributed by atoms with Crippen molar-refractivity contribution in [1.82, 2.24) is 15.3 Å². The molecule has 0 aliphatic carbocycles. The van der Waals surface area contributed by atoms with Crippen LogP contribution in [0.15, 0.2) is 12.3 Å². The van der Waals surface area contributed by atoms with Gasteiger partial charge >= 0.3 is 0 Å². The van der Waals surface area contributed by atoms with Crippen LogP contribution in [0.4, 0.5) is 0 Å². The summed E-state index contributed by atoms with van der Waals surface area (Å²) in [6.07, 6.45) is 4.13. The molecule has 76 valence electrons. The van der Waals surface area contributed by atoms with Crippen LogP contribution in [-0.2, 0) is 0 Å². The van der Waals surface area contributed by atoms with Gasteiger partial charge in [-0.15, -0.1) is 0 Å². The average molecular weight is 193 g/mol. The van der Waals surface area contributed by atoms with E-state index in [9.17, 15) is 0 Å². The smallest absolute Gasteiger partial charge is 0.216 e. The van der Waals surface area contributed by atoms with Gasteiger partial charge in [0.25, 0.3) is 0 Å². The number of nitrogens with zero attached hydrogens (tertiary/aromatic N) is 2. The molecule has 1 unspecified atom stereocenters.